The number of rotatable bonds is 6. The van der Waals surface area contributed by atoms with Crippen molar-refractivity contribution in [2.75, 3.05) is 6.16 Å². The van der Waals surface area contributed by atoms with Crippen molar-refractivity contribution in [2.45, 2.75) is 83.2 Å². The lowest BCUT2D eigenvalue weighted by atomic mass is 9.67. The van der Waals surface area contributed by atoms with Crippen LogP contribution in [0.3, 0.4) is 0 Å². The van der Waals surface area contributed by atoms with Gasteiger partial charge in [0.25, 0.3) is 0 Å². The topological polar surface area (TPSA) is 29.1 Å². The minimum Gasteiger partial charge on any atom is -0.242 e. The van der Waals surface area contributed by atoms with Crippen LogP contribution in [0.15, 0.2) is 90.5 Å². The van der Waals surface area contributed by atoms with E-state index in [1.54, 1.807) is 0 Å². The maximum atomic E-state index is 13.8. The monoisotopic (exact) mass is 589 g/mol. The standard InChI is InChI=1S/C35H44NOPS2/c1-24-31(27-17-13-10-14-18-27)38(39)23-35(24,8)29(25-15-11-9-12-16-25)32(38)30(36-40(37)34(5,6)7)26-19-21-28(22-20-26)33(2,3)4/h9-22,29-30,32,36H,23H2,1-8H3/t29-,30+,32?,35+,38-,40?/m1/s1. The third kappa shape index (κ3) is 5.04. The van der Waals surface area contributed by atoms with Crippen molar-refractivity contribution >= 4 is 34.1 Å². The van der Waals surface area contributed by atoms with E-state index >= 15 is 0 Å². The predicted octanol–water partition coefficient (Wildman–Crippen LogP) is 9.17. The Bertz CT molecular complexity index is 1480. The molecule has 0 aliphatic carbocycles. The Hall–Kier alpha value is -1.84. The number of benzene rings is 3. The van der Waals surface area contributed by atoms with Gasteiger partial charge in [-0.25, -0.2) is 8.93 Å². The van der Waals surface area contributed by atoms with Gasteiger partial charge in [-0.1, -0.05) is 130 Å². The zero-order valence-corrected chi connectivity index (χ0v) is 27.7. The lowest BCUT2D eigenvalue weighted by molar-refractivity contribution is 0.347. The van der Waals surface area contributed by atoms with Gasteiger partial charge < -0.3 is 0 Å². The highest BCUT2D eigenvalue weighted by atomic mass is 32.4. The van der Waals surface area contributed by atoms with Crippen LogP contribution in [0, 0.1) is 5.41 Å². The van der Waals surface area contributed by atoms with E-state index in [4.69, 9.17) is 11.8 Å². The Balaban J connectivity index is 1.75. The molecule has 0 amide bonds. The van der Waals surface area contributed by atoms with Crippen molar-refractivity contribution in [1.82, 2.24) is 4.72 Å². The summed E-state index contributed by atoms with van der Waals surface area (Å²) in [5.74, 6) is 0.240. The molecular formula is C35H44NOPS2. The van der Waals surface area contributed by atoms with Crippen molar-refractivity contribution in [3.8, 4) is 0 Å². The molecule has 2 aliphatic heterocycles. The average Bonchev–Trinajstić information content (AvgIpc) is 3.27. The van der Waals surface area contributed by atoms with Gasteiger partial charge in [0.15, 0.2) is 0 Å². The number of allylic oxidation sites excluding steroid dienone is 1. The summed E-state index contributed by atoms with van der Waals surface area (Å²) in [5, 5.41) is 1.41. The third-order valence-electron chi connectivity index (χ3n) is 9.14. The van der Waals surface area contributed by atoms with Crippen LogP contribution in [0.2, 0.25) is 0 Å². The van der Waals surface area contributed by atoms with Crippen molar-refractivity contribution in [3.63, 3.8) is 0 Å². The quantitative estimate of drug-likeness (QED) is 0.291. The maximum Gasteiger partial charge on any atom is 0.0976 e. The lowest BCUT2D eigenvalue weighted by Crippen LogP contribution is -2.43. The van der Waals surface area contributed by atoms with E-state index in [0.717, 1.165) is 6.16 Å². The SMILES string of the molecule is CC1=C(c2ccccc2)[P@]2(=S)C[C@]1(C)[C@H](c1ccccc1)C2[C@@H](NS(=O)C(C)(C)C)c1ccc(C(C)(C)C)cc1. The van der Waals surface area contributed by atoms with E-state index in [1.807, 2.05) is 20.8 Å². The molecule has 0 aromatic heterocycles. The number of hydrogen-bond donors (Lipinski definition) is 1. The van der Waals surface area contributed by atoms with E-state index in [0.29, 0.717) is 0 Å². The molecule has 1 saturated heterocycles. The van der Waals surface area contributed by atoms with Crippen LogP contribution in [0.5, 0.6) is 0 Å². The fourth-order valence-corrected chi connectivity index (χ4v) is 15.4. The van der Waals surface area contributed by atoms with Gasteiger partial charge in [0.2, 0.25) is 0 Å². The van der Waals surface area contributed by atoms with E-state index in [-0.39, 0.29) is 28.4 Å². The molecule has 2 heterocycles. The fourth-order valence-electron chi connectivity index (χ4n) is 6.95. The van der Waals surface area contributed by atoms with Crippen LogP contribution < -0.4 is 4.72 Å². The van der Waals surface area contributed by atoms with Gasteiger partial charge in [0.05, 0.1) is 21.8 Å². The van der Waals surface area contributed by atoms with Gasteiger partial charge in [0.1, 0.15) is 0 Å². The molecule has 1 fully saturated rings. The summed E-state index contributed by atoms with van der Waals surface area (Å²) in [7, 11) is -1.25. The maximum absolute atomic E-state index is 13.8. The highest BCUT2D eigenvalue weighted by Crippen LogP contribution is 2.84. The lowest BCUT2D eigenvalue weighted by Gasteiger charge is -2.44. The number of hydrogen-bond acceptors (Lipinski definition) is 2. The zero-order chi connectivity index (χ0) is 29.1. The first-order chi connectivity index (χ1) is 18.7. The molecule has 40 heavy (non-hydrogen) atoms. The Morgan fingerprint density at radius 2 is 1.45 bits per heavy atom. The fraction of sp³-hybridized carbons (Fsp3) is 0.429. The summed E-state index contributed by atoms with van der Waals surface area (Å²) >= 11 is 6.98. The first-order valence-corrected chi connectivity index (χ1v) is 18.6. The average molecular weight is 590 g/mol. The smallest absolute Gasteiger partial charge is 0.0976 e. The second kappa shape index (κ2) is 10.5. The molecule has 0 saturated carbocycles. The van der Waals surface area contributed by atoms with Crippen LogP contribution in [0.25, 0.3) is 5.31 Å². The molecule has 0 radical (unpaired) electrons. The minimum absolute atomic E-state index is 0.0543. The van der Waals surface area contributed by atoms with E-state index in [2.05, 4.69) is 124 Å². The van der Waals surface area contributed by atoms with Crippen LogP contribution in [-0.4, -0.2) is 20.8 Å². The Labute approximate surface area is 249 Å². The predicted molar refractivity (Wildman–Crippen MR) is 178 cm³/mol. The molecule has 6 atom stereocenters. The first kappa shape index (κ1) is 29.6. The Morgan fingerprint density at radius 3 is 1.98 bits per heavy atom. The normalized spacial score (nSPS) is 28.1. The van der Waals surface area contributed by atoms with E-state index in [1.165, 1.54) is 33.1 Å². The van der Waals surface area contributed by atoms with Crippen LogP contribution in [-0.2, 0) is 28.2 Å². The zero-order valence-electron chi connectivity index (χ0n) is 25.2. The molecule has 0 spiro atoms. The largest absolute Gasteiger partial charge is 0.242 e. The minimum atomic E-state index is -2.12. The van der Waals surface area contributed by atoms with Gasteiger partial charge in [0, 0.05) is 17.0 Å². The molecule has 5 rings (SSSR count). The van der Waals surface area contributed by atoms with Crippen molar-refractivity contribution in [1.29, 1.82) is 0 Å². The summed E-state index contributed by atoms with van der Waals surface area (Å²) in [6.45, 7) is 17.7. The third-order valence-corrected chi connectivity index (χ3v) is 16.4. The van der Waals surface area contributed by atoms with Crippen LogP contribution >= 0.6 is 6.04 Å². The molecule has 2 unspecified atom stereocenters. The summed E-state index contributed by atoms with van der Waals surface area (Å²) < 4.78 is 17.2. The summed E-state index contributed by atoms with van der Waals surface area (Å²) in [6.07, 6.45) is 1.01. The molecular weight excluding hydrogens is 545 g/mol. The van der Waals surface area contributed by atoms with Gasteiger partial charge in [-0.2, -0.15) is 0 Å². The first-order valence-electron chi connectivity index (χ1n) is 14.4. The Morgan fingerprint density at radius 1 is 0.900 bits per heavy atom. The highest BCUT2D eigenvalue weighted by molar-refractivity contribution is 8.20. The second-order valence-corrected chi connectivity index (χ2v) is 20.8. The summed E-state index contributed by atoms with van der Waals surface area (Å²) in [5.41, 5.74) is 6.69. The van der Waals surface area contributed by atoms with Gasteiger partial charge in [-0.05, 0) is 72.9 Å². The molecule has 1 N–H and O–H groups in total. The van der Waals surface area contributed by atoms with E-state index in [9.17, 15) is 4.21 Å². The van der Waals surface area contributed by atoms with Crippen LogP contribution in [0.1, 0.15) is 89.6 Å². The molecule has 2 aliphatic rings. The number of nitrogens with one attached hydrogen (secondary N) is 1. The van der Waals surface area contributed by atoms with Crippen LogP contribution in [0.4, 0.5) is 0 Å². The molecule has 3 aromatic rings. The number of fused-ring (bicyclic) bond motifs is 2. The molecule has 2 bridgehead atoms. The highest BCUT2D eigenvalue weighted by Gasteiger charge is 2.64. The molecule has 212 valence electrons. The van der Waals surface area contributed by atoms with Crippen molar-refractivity contribution < 1.29 is 4.21 Å². The molecule has 2 nitrogen and oxygen atoms in total. The molecule has 5 heteroatoms. The Kier molecular flexibility index (Phi) is 7.75. The van der Waals surface area contributed by atoms with Gasteiger partial charge in [-0.15, -0.1) is 0 Å². The summed E-state index contributed by atoms with van der Waals surface area (Å²) in [6, 6.07) is 28.6. The van der Waals surface area contributed by atoms with Gasteiger partial charge in [-0.3, -0.25) is 0 Å². The molecule has 3 aromatic carbocycles. The van der Waals surface area contributed by atoms with Crippen molar-refractivity contribution in [3.05, 3.63) is 113 Å². The van der Waals surface area contributed by atoms with Gasteiger partial charge >= 0.3 is 0 Å². The van der Waals surface area contributed by atoms with E-state index < -0.39 is 21.8 Å². The van der Waals surface area contributed by atoms with Crippen molar-refractivity contribution in [2.24, 2.45) is 5.41 Å². The second-order valence-electron chi connectivity index (χ2n) is 13.9. The summed E-state index contributed by atoms with van der Waals surface area (Å²) in [4.78, 5) is 0.